The van der Waals surface area contributed by atoms with E-state index in [9.17, 15) is 4.79 Å². The van der Waals surface area contributed by atoms with Crippen LogP contribution in [-0.2, 0) is 0 Å². The lowest BCUT2D eigenvalue weighted by molar-refractivity contribution is 0.0782. The maximum atomic E-state index is 13.2. The molecule has 0 radical (unpaired) electrons. The lowest BCUT2D eigenvalue weighted by atomic mass is 9.89. The van der Waals surface area contributed by atoms with Crippen molar-refractivity contribution in [1.82, 2.24) is 25.0 Å². The van der Waals surface area contributed by atoms with E-state index in [-0.39, 0.29) is 17.7 Å². The molecule has 2 aromatic heterocycles. The fraction of sp³-hybridized carbons (Fsp3) is 0.227. The highest BCUT2D eigenvalue weighted by atomic mass is 16.5. The Labute approximate surface area is 167 Å². The number of amides is 1. The van der Waals surface area contributed by atoms with Crippen molar-refractivity contribution in [3.8, 4) is 0 Å². The molecule has 0 unspecified atom stereocenters. The van der Waals surface area contributed by atoms with Crippen LogP contribution in [-0.4, -0.2) is 44.0 Å². The molecule has 1 aliphatic heterocycles. The third-order valence-electron chi connectivity index (χ3n) is 5.36. The molecule has 2 atom stereocenters. The van der Waals surface area contributed by atoms with Crippen LogP contribution in [0.25, 0.3) is 11.0 Å². The first-order valence-electron chi connectivity index (χ1n) is 9.55. The average Bonchev–Trinajstić information content (AvgIpc) is 3.40. The summed E-state index contributed by atoms with van der Waals surface area (Å²) in [5.74, 6) is 1.04. The lowest BCUT2D eigenvalue weighted by Gasteiger charge is -2.16. The third-order valence-corrected chi connectivity index (χ3v) is 5.36. The first kappa shape index (κ1) is 17.5. The van der Waals surface area contributed by atoms with Gasteiger partial charge in [0.05, 0.1) is 23.1 Å². The van der Waals surface area contributed by atoms with E-state index >= 15 is 0 Å². The van der Waals surface area contributed by atoms with Gasteiger partial charge >= 0.3 is 0 Å². The van der Waals surface area contributed by atoms with Crippen LogP contribution >= 0.6 is 0 Å². The van der Waals surface area contributed by atoms with Crippen LogP contribution in [0.5, 0.6) is 0 Å². The number of carbonyl (C=O) groups excluding carboxylic acids is 1. The van der Waals surface area contributed by atoms with Gasteiger partial charge in [0.1, 0.15) is 5.69 Å². The highest BCUT2D eigenvalue weighted by Crippen LogP contribution is 2.39. The second-order valence-electron chi connectivity index (χ2n) is 7.26. The summed E-state index contributed by atoms with van der Waals surface area (Å²) in [6.07, 6.45) is 1.55. The molecule has 3 heterocycles. The smallest absolute Gasteiger partial charge is 0.274 e. The van der Waals surface area contributed by atoms with Gasteiger partial charge in [-0.2, -0.15) is 4.98 Å². The van der Waals surface area contributed by atoms with Crippen molar-refractivity contribution in [3.63, 3.8) is 0 Å². The number of aromatic nitrogens is 4. The molecule has 0 N–H and O–H groups in total. The van der Waals surface area contributed by atoms with Gasteiger partial charge in [-0.3, -0.25) is 9.78 Å². The topological polar surface area (TPSA) is 85.0 Å². The molecule has 0 aliphatic carbocycles. The number of benzene rings is 2. The largest absolute Gasteiger partial charge is 0.339 e. The Balaban J connectivity index is 1.47. The Hall–Kier alpha value is -3.61. The molecule has 0 saturated carbocycles. The zero-order chi connectivity index (χ0) is 19.8. The second-order valence-corrected chi connectivity index (χ2v) is 7.26. The van der Waals surface area contributed by atoms with E-state index in [2.05, 4.69) is 32.2 Å². The average molecular weight is 385 g/mol. The van der Waals surface area contributed by atoms with Gasteiger partial charge in [0.15, 0.2) is 5.82 Å². The maximum absolute atomic E-state index is 13.2. The first-order valence-corrected chi connectivity index (χ1v) is 9.55. The molecule has 7 nitrogen and oxygen atoms in total. The number of para-hydroxylation sites is 2. The molecule has 1 amide bonds. The minimum absolute atomic E-state index is 0.0593. The van der Waals surface area contributed by atoms with E-state index in [1.807, 2.05) is 42.5 Å². The highest BCUT2D eigenvalue weighted by Gasteiger charge is 2.40. The number of rotatable bonds is 3. The van der Waals surface area contributed by atoms with Crippen molar-refractivity contribution < 1.29 is 9.32 Å². The van der Waals surface area contributed by atoms with Crippen molar-refractivity contribution in [2.24, 2.45) is 0 Å². The zero-order valence-electron chi connectivity index (χ0n) is 15.9. The van der Waals surface area contributed by atoms with E-state index in [0.29, 0.717) is 36.0 Å². The minimum atomic E-state index is -0.136. The van der Waals surface area contributed by atoms with E-state index in [1.165, 1.54) is 0 Å². The van der Waals surface area contributed by atoms with E-state index in [1.54, 1.807) is 18.0 Å². The van der Waals surface area contributed by atoms with Crippen LogP contribution in [0, 0.1) is 6.92 Å². The molecular weight excluding hydrogens is 366 g/mol. The molecule has 7 heteroatoms. The predicted octanol–water partition coefficient (Wildman–Crippen LogP) is 3.34. The van der Waals surface area contributed by atoms with Gasteiger partial charge in [0, 0.05) is 19.0 Å². The molecular formula is C22H19N5O2. The summed E-state index contributed by atoms with van der Waals surface area (Å²) in [5, 5.41) is 3.94. The lowest BCUT2D eigenvalue weighted by Crippen LogP contribution is -2.29. The van der Waals surface area contributed by atoms with Crippen LogP contribution in [0.15, 0.2) is 65.3 Å². The van der Waals surface area contributed by atoms with Gasteiger partial charge in [0.25, 0.3) is 5.91 Å². The van der Waals surface area contributed by atoms with Crippen LogP contribution in [0.4, 0.5) is 0 Å². The van der Waals surface area contributed by atoms with Crippen LogP contribution in [0.2, 0.25) is 0 Å². The highest BCUT2D eigenvalue weighted by molar-refractivity contribution is 5.94. The summed E-state index contributed by atoms with van der Waals surface area (Å²) in [6.45, 7) is 2.85. The zero-order valence-corrected chi connectivity index (χ0v) is 15.9. The number of fused-ring (bicyclic) bond motifs is 1. The van der Waals surface area contributed by atoms with Crippen LogP contribution in [0.1, 0.15) is 39.6 Å². The third kappa shape index (κ3) is 3.24. The Morgan fingerprint density at radius 1 is 0.966 bits per heavy atom. The number of hydrogen-bond acceptors (Lipinski definition) is 6. The summed E-state index contributed by atoms with van der Waals surface area (Å²) in [4.78, 5) is 28.3. The molecule has 1 saturated heterocycles. The van der Waals surface area contributed by atoms with Gasteiger partial charge in [0.2, 0.25) is 5.89 Å². The van der Waals surface area contributed by atoms with E-state index in [4.69, 9.17) is 4.52 Å². The number of likely N-dealkylation sites (tertiary alicyclic amines) is 1. The first-order chi connectivity index (χ1) is 14.2. The number of hydrogen-bond donors (Lipinski definition) is 0. The summed E-state index contributed by atoms with van der Waals surface area (Å²) < 4.78 is 5.46. The summed E-state index contributed by atoms with van der Waals surface area (Å²) in [5.41, 5.74) is 2.97. The van der Waals surface area contributed by atoms with Gasteiger partial charge in [-0.1, -0.05) is 47.6 Å². The number of nitrogens with zero attached hydrogens (tertiary/aromatic N) is 5. The van der Waals surface area contributed by atoms with Gasteiger partial charge in [-0.05, 0) is 24.6 Å². The predicted molar refractivity (Wildman–Crippen MR) is 106 cm³/mol. The quantitative estimate of drug-likeness (QED) is 0.538. The standard InChI is InChI=1S/C22H19N5O2/c1-14-24-21(29-26-14)17-13-27(12-16(17)15-7-3-2-4-8-15)22(28)20-11-23-18-9-5-6-10-19(18)25-20/h2-11,16-17H,12-13H2,1H3/t16-,17+/m1/s1. The van der Waals surface area contributed by atoms with Crippen molar-refractivity contribution in [2.45, 2.75) is 18.8 Å². The van der Waals surface area contributed by atoms with Crippen molar-refractivity contribution in [2.75, 3.05) is 13.1 Å². The maximum Gasteiger partial charge on any atom is 0.274 e. The molecule has 4 aromatic rings. The minimum Gasteiger partial charge on any atom is -0.339 e. The molecule has 0 bridgehead atoms. The molecule has 0 spiro atoms. The Kier molecular flexibility index (Phi) is 4.27. The number of carbonyl (C=O) groups is 1. The molecule has 5 rings (SSSR count). The Bertz CT molecular complexity index is 1170. The van der Waals surface area contributed by atoms with E-state index in [0.717, 1.165) is 11.1 Å². The van der Waals surface area contributed by atoms with E-state index < -0.39 is 0 Å². The normalized spacial score (nSPS) is 19.0. The SMILES string of the molecule is Cc1noc([C@H]2CN(C(=O)c3cnc4ccccc4n3)C[C@@H]2c2ccccc2)n1. The fourth-order valence-corrected chi connectivity index (χ4v) is 3.94. The van der Waals surface area contributed by atoms with Crippen LogP contribution < -0.4 is 0 Å². The van der Waals surface area contributed by atoms with Crippen LogP contribution in [0.3, 0.4) is 0 Å². The molecule has 1 fully saturated rings. The fourth-order valence-electron chi connectivity index (χ4n) is 3.94. The Morgan fingerprint density at radius 2 is 1.69 bits per heavy atom. The van der Waals surface area contributed by atoms with Gasteiger partial charge in [-0.15, -0.1) is 0 Å². The van der Waals surface area contributed by atoms with Gasteiger partial charge < -0.3 is 9.42 Å². The molecule has 144 valence electrons. The summed E-state index contributed by atoms with van der Waals surface area (Å²) >= 11 is 0. The van der Waals surface area contributed by atoms with Crippen molar-refractivity contribution in [1.29, 1.82) is 0 Å². The van der Waals surface area contributed by atoms with Gasteiger partial charge in [-0.25, -0.2) is 4.98 Å². The summed E-state index contributed by atoms with van der Waals surface area (Å²) in [6, 6.07) is 17.7. The summed E-state index contributed by atoms with van der Waals surface area (Å²) in [7, 11) is 0. The van der Waals surface area contributed by atoms with Crippen molar-refractivity contribution in [3.05, 3.63) is 83.8 Å². The Morgan fingerprint density at radius 3 is 2.45 bits per heavy atom. The molecule has 2 aromatic carbocycles. The van der Waals surface area contributed by atoms with Crippen molar-refractivity contribution >= 4 is 16.9 Å². The monoisotopic (exact) mass is 385 g/mol. The molecule has 1 aliphatic rings. The molecule has 29 heavy (non-hydrogen) atoms. The number of aryl methyl sites for hydroxylation is 1. The second kappa shape index (κ2) is 7.09.